The summed E-state index contributed by atoms with van der Waals surface area (Å²) in [7, 11) is 0. The van der Waals surface area contributed by atoms with E-state index in [-0.39, 0.29) is 24.1 Å². The van der Waals surface area contributed by atoms with Crippen LogP contribution in [0.15, 0.2) is 12.5 Å². The molecule has 0 spiro atoms. The fraction of sp³-hybridized carbons (Fsp3) is 0.692. The second-order valence-corrected chi connectivity index (χ2v) is 5.81. The zero-order valence-corrected chi connectivity index (χ0v) is 11.8. The van der Waals surface area contributed by atoms with E-state index in [1.807, 2.05) is 25.3 Å². The van der Waals surface area contributed by atoms with Crippen LogP contribution in [0.1, 0.15) is 32.6 Å². The number of hydrogen-bond donors (Lipinski definition) is 2. The highest BCUT2D eigenvalue weighted by atomic mass is 16.5. The minimum absolute atomic E-state index is 0.0180. The van der Waals surface area contributed by atoms with Crippen molar-refractivity contribution < 1.29 is 9.53 Å². The van der Waals surface area contributed by atoms with Crippen molar-refractivity contribution >= 4 is 5.91 Å². The highest BCUT2D eigenvalue weighted by molar-refractivity contribution is 5.76. The van der Waals surface area contributed by atoms with Crippen LogP contribution >= 0.6 is 0 Å². The SMILES string of the molecule is CC(C)(C)NC(=O)Cn1cncc1C1CNCCO1. The van der Waals surface area contributed by atoms with Gasteiger partial charge in [-0.1, -0.05) is 0 Å². The van der Waals surface area contributed by atoms with E-state index in [0.29, 0.717) is 6.61 Å². The molecule has 0 saturated carbocycles. The predicted molar refractivity (Wildman–Crippen MR) is 71.7 cm³/mol. The lowest BCUT2D eigenvalue weighted by atomic mass is 10.1. The lowest BCUT2D eigenvalue weighted by molar-refractivity contribution is -0.123. The quantitative estimate of drug-likeness (QED) is 0.834. The fourth-order valence-electron chi connectivity index (χ4n) is 2.10. The van der Waals surface area contributed by atoms with Gasteiger partial charge in [-0.3, -0.25) is 4.79 Å². The molecule has 0 aliphatic carbocycles. The summed E-state index contributed by atoms with van der Waals surface area (Å²) >= 11 is 0. The van der Waals surface area contributed by atoms with Gasteiger partial charge in [0.1, 0.15) is 12.6 Å². The summed E-state index contributed by atoms with van der Waals surface area (Å²) in [6, 6.07) is 0. The highest BCUT2D eigenvalue weighted by Crippen LogP contribution is 2.18. The standard InChI is InChI=1S/C13H22N4O2/c1-13(2,3)16-12(18)8-17-9-15-6-10(17)11-7-14-4-5-19-11/h6,9,11,14H,4-5,7-8H2,1-3H3,(H,16,18). The first-order valence-electron chi connectivity index (χ1n) is 6.59. The van der Waals surface area contributed by atoms with Gasteiger partial charge < -0.3 is 19.9 Å². The van der Waals surface area contributed by atoms with E-state index in [1.54, 1.807) is 12.5 Å². The molecule has 1 atom stereocenters. The normalized spacial score (nSPS) is 20.3. The lowest BCUT2D eigenvalue weighted by Gasteiger charge is -2.25. The molecule has 0 aromatic carbocycles. The van der Waals surface area contributed by atoms with Gasteiger partial charge in [0.2, 0.25) is 5.91 Å². The van der Waals surface area contributed by atoms with E-state index in [2.05, 4.69) is 15.6 Å². The highest BCUT2D eigenvalue weighted by Gasteiger charge is 2.21. The summed E-state index contributed by atoms with van der Waals surface area (Å²) in [5, 5.41) is 6.22. The van der Waals surface area contributed by atoms with Gasteiger partial charge in [-0.2, -0.15) is 0 Å². The van der Waals surface area contributed by atoms with Crippen molar-refractivity contribution in [2.24, 2.45) is 0 Å². The first kappa shape index (κ1) is 14.0. The van der Waals surface area contributed by atoms with Crippen molar-refractivity contribution in [2.75, 3.05) is 19.7 Å². The van der Waals surface area contributed by atoms with Gasteiger partial charge in [0.25, 0.3) is 0 Å². The smallest absolute Gasteiger partial charge is 0.240 e. The summed E-state index contributed by atoms with van der Waals surface area (Å²) < 4.78 is 7.54. The first-order valence-corrected chi connectivity index (χ1v) is 6.59. The predicted octanol–water partition coefficient (Wildman–Crippen LogP) is 0.459. The van der Waals surface area contributed by atoms with Crippen LogP contribution < -0.4 is 10.6 Å². The van der Waals surface area contributed by atoms with Crippen molar-refractivity contribution in [2.45, 2.75) is 39.0 Å². The van der Waals surface area contributed by atoms with Crippen LogP contribution in [-0.4, -0.2) is 40.7 Å². The molecule has 1 aliphatic heterocycles. The van der Waals surface area contributed by atoms with Gasteiger partial charge in [0.05, 0.1) is 24.8 Å². The van der Waals surface area contributed by atoms with Crippen molar-refractivity contribution in [1.29, 1.82) is 0 Å². The minimum atomic E-state index is -0.222. The number of morpholine rings is 1. The lowest BCUT2D eigenvalue weighted by Crippen LogP contribution is -2.42. The maximum absolute atomic E-state index is 11.9. The first-order chi connectivity index (χ1) is 8.96. The molecule has 0 radical (unpaired) electrons. The molecule has 1 aromatic heterocycles. The molecule has 6 heteroatoms. The Morgan fingerprint density at radius 3 is 3.05 bits per heavy atom. The topological polar surface area (TPSA) is 68.2 Å². The Balaban J connectivity index is 2.01. The molecular formula is C13H22N4O2. The van der Waals surface area contributed by atoms with Crippen molar-refractivity contribution in [3.05, 3.63) is 18.2 Å². The van der Waals surface area contributed by atoms with Gasteiger partial charge in [-0.25, -0.2) is 4.98 Å². The maximum Gasteiger partial charge on any atom is 0.240 e. The van der Waals surface area contributed by atoms with Crippen molar-refractivity contribution in [3.8, 4) is 0 Å². The summed E-state index contributed by atoms with van der Waals surface area (Å²) in [5.41, 5.74) is 0.719. The molecule has 2 heterocycles. The molecule has 1 aliphatic rings. The molecule has 2 rings (SSSR count). The third kappa shape index (κ3) is 4.04. The van der Waals surface area contributed by atoms with Crippen LogP contribution in [0.5, 0.6) is 0 Å². The Morgan fingerprint density at radius 2 is 2.42 bits per heavy atom. The second kappa shape index (κ2) is 5.71. The molecule has 0 bridgehead atoms. The van der Waals surface area contributed by atoms with Crippen molar-refractivity contribution in [1.82, 2.24) is 20.2 Å². The Bertz CT molecular complexity index is 430. The Hall–Kier alpha value is -1.40. The zero-order chi connectivity index (χ0) is 13.9. The second-order valence-electron chi connectivity index (χ2n) is 5.81. The van der Waals surface area contributed by atoms with E-state index in [4.69, 9.17) is 4.74 Å². The molecular weight excluding hydrogens is 244 g/mol. The maximum atomic E-state index is 11.9. The van der Waals surface area contributed by atoms with Crippen LogP contribution in [0.4, 0.5) is 0 Å². The number of ether oxygens (including phenoxy) is 1. The molecule has 19 heavy (non-hydrogen) atoms. The van der Waals surface area contributed by atoms with Gasteiger partial charge in [0, 0.05) is 18.6 Å². The molecule has 1 fully saturated rings. The van der Waals surface area contributed by atoms with E-state index >= 15 is 0 Å². The third-order valence-corrected chi connectivity index (χ3v) is 2.83. The van der Waals surface area contributed by atoms with Gasteiger partial charge >= 0.3 is 0 Å². The number of carbonyl (C=O) groups excluding carboxylic acids is 1. The van der Waals surface area contributed by atoms with Crippen LogP contribution in [-0.2, 0) is 16.1 Å². The Morgan fingerprint density at radius 1 is 1.63 bits per heavy atom. The van der Waals surface area contributed by atoms with E-state index in [0.717, 1.165) is 18.8 Å². The average molecular weight is 266 g/mol. The Labute approximate surface area is 113 Å². The number of imidazole rings is 1. The fourth-order valence-corrected chi connectivity index (χ4v) is 2.10. The number of nitrogens with one attached hydrogen (secondary N) is 2. The summed E-state index contributed by atoms with van der Waals surface area (Å²) in [4.78, 5) is 16.1. The monoisotopic (exact) mass is 266 g/mol. The average Bonchev–Trinajstić information content (AvgIpc) is 2.75. The van der Waals surface area contributed by atoms with Gasteiger partial charge in [-0.05, 0) is 20.8 Å². The summed E-state index contributed by atoms with van der Waals surface area (Å²) in [6.07, 6.45) is 3.41. The number of aromatic nitrogens is 2. The van der Waals surface area contributed by atoms with E-state index in [1.165, 1.54) is 0 Å². The molecule has 6 nitrogen and oxygen atoms in total. The van der Waals surface area contributed by atoms with Crippen LogP contribution in [0.2, 0.25) is 0 Å². The number of hydrogen-bond acceptors (Lipinski definition) is 4. The molecule has 1 unspecified atom stereocenters. The molecule has 106 valence electrons. The molecule has 1 amide bonds. The van der Waals surface area contributed by atoms with E-state index in [9.17, 15) is 4.79 Å². The third-order valence-electron chi connectivity index (χ3n) is 2.83. The van der Waals surface area contributed by atoms with Crippen LogP contribution in [0.25, 0.3) is 0 Å². The van der Waals surface area contributed by atoms with Crippen molar-refractivity contribution in [3.63, 3.8) is 0 Å². The summed E-state index contributed by atoms with van der Waals surface area (Å²) in [5.74, 6) is -0.0180. The molecule has 2 N–H and O–H groups in total. The van der Waals surface area contributed by atoms with E-state index < -0.39 is 0 Å². The zero-order valence-electron chi connectivity index (χ0n) is 11.8. The minimum Gasteiger partial charge on any atom is -0.369 e. The largest absolute Gasteiger partial charge is 0.369 e. The molecule has 1 saturated heterocycles. The van der Waals surface area contributed by atoms with Gasteiger partial charge in [-0.15, -0.1) is 0 Å². The molecule has 1 aromatic rings. The van der Waals surface area contributed by atoms with Crippen LogP contribution in [0.3, 0.4) is 0 Å². The Kier molecular flexibility index (Phi) is 4.21. The number of amides is 1. The number of carbonyl (C=O) groups is 1. The summed E-state index contributed by atoms with van der Waals surface area (Å²) in [6.45, 7) is 8.48. The van der Waals surface area contributed by atoms with Gasteiger partial charge in [0.15, 0.2) is 0 Å². The number of rotatable bonds is 3. The number of nitrogens with zero attached hydrogens (tertiary/aromatic N) is 2. The van der Waals surface area contributed by atoms with Crippen LogP contribution in [0, 0.1) is 0 Å².